The van der Waals surface area contributed by atoms with Gasteiger partial charge < -0.3 is 5.32 Å². The lowest BCUT2D eigenvalue weighted by Crippen LogP contribution is -2.49. The van der Waals surface area contributed by atoms with Gasteiger partial charge in [-0.15, -0.1) is 0 Å². The van der Waals surface area contributed by atoms with E-state index in [0.29, 0.717) is 29.8 Å². The molecule has 140 valence electrons. The zero-order chi connectivity index (χ0) is 19.4. The van der Waals surface area contributed by atoms with Gasteiger partial charge in [0.15, 0.2) is 0 Å². The van der Waals surface area contributed by atoms with Crippen LogP contribution in [0.15, 0.2) is 48.5 Å². The molecule has 3 amide bonds. The van der Waals surface area contributed by atoms with E-state index in [1.54, 1.807) is 36.0 Å². The quantitative estimate of drug-likeness (QED) is 0.748. The second-order valence-corrected chi connectivity index (χ2v) is 7.51. The maximum atomic E-state index is 12.9. The summed E-state index contributed by atoms with van der Waals surface area (Å²) >= 11 is 1.58. The van der Waals surface area contributed by atoms with Gasteiger partial charge in [-0.1, -0.05) is 42.0 Å². The van der Waals surface area contributed by atoms with E-state index in [1.807, 2.05) is 37.4 Å². The van der Waals surface area contributed by atoms with Gasteiger partial charge in [-0.25, -0.2) is 0 Å². The Labute approximate surface area is 163 Å². The molecule has 1 N–H and O–H groups in total. The average Bonchev–Trinajstić information content (AvgIpc) is 2.93. The van der Waals surface area contributed by atoms with Crippen LogP contribution in [0.25, 0.3) is 0 Å². The smallest absolute Gasteiger partial charge is 0.262 e. The number of carbonyl (C=O) groups is 3. The SMILES string of the molecule is CSCC[C@@H](C(=O)NCc1ccc(C)cc1)N1C(=O)c2ccccc2C1=O. The first kappa shape index (κ1) is 19.2. The summed E-state index contributed by atoms with van der Waals surface area (Å²) in [5, 5.41) is 2.88. The molecule has 5 nitrogen and oxygen atoms in total. The summed E-state index contributed by atoms with van der Waals surface area (Å²) < 4.78 is 0. The van der Waals surface area contributed by atoms with Crippen LogP contribution in [0, 0.1) is 6.92 Å². The Bertz CT molecular complexity index is 829. The molecule has 0 aliphatic carbocycles. The van der Waals surface area contributed by atoms with E-state index in [2.05, 4.69) is 5.32 Å². The molecule has 0 unspecified atom stereocenters. The molecule has 1 atom stereocenters. The van der Waals surface area contributed by atoms with E-state index < -0.39 is 17.9 Å². The molecule has 0 spiro atoms. The molecule has 27 heavy (non-hydrogen) atoms. The highest BCUT2D eigenvalue weighted by atomic mass is 32.2. The number of thioether (sulfide) groups is 1. The highest BCUT2D eigenvalue weighted by molar-refractivity contribution is 7.98. The largest absolute Gasteiger partial charge is 0.350 e. The molecule has 1 heterocycles. The van der Waals surface area contributed by atoms with E-state index in [4.69, 9.17) is 0 Å². The minimum absolute atomic E-state index is 0.306. The molecule has 3 rings (SSSR count). The summed E-state index contributed by atoms with van der Waals surface area (Å²) in [6.45, 7) is 2.36. The Morgan fingerprint density at radius 3 is 2.19 bits per heavy atom. The topological polar surface area (TPSA) is 66.5 Å². The average molecular weight is 382 g/mol. The number of amides is 3. The van der Waals surface area contributed by atoms with Crippen molar-refractivity contribution >= 4 is 29.5 Å². The van der Waals surface area contributed by atoms with Crippen LogP contribution in [-0.2, 0) is 11.3 Å². The van der Waals surface area contributed by atoms with Crippen LogP contribution >= 0.6 is 11.8 Å². The van der Waals surface area contributed by atoms with Crippen molar-refractivity contribution < 1.29 is 14.4 Å². The van der Waals surface area contributed by atoms with Gasteiger partial charge in [-0.05, 0) is 43.0 Å². The summed E-state index contributed by atoms with van der Waals surface area (Å²) in [7, 11) is 0. The highest BCUT2D eigenvalue weighted by Gasteiger charge is 2.42. The molecule has 0 saturated heterocycles. The van der Waals surface area contributed by atoms with E-state index in [-0.39, 0.29) is 5.91 Å². The predicted molar refractivity (Wildman–Crippen MR) is 107 cm³/mol. The van der Waals surface area contributed by atoms with Gasteiger partial charge >= 0.3 is 0 Å². The number of carbonyl (C=O) groups excluding carboxylic acids is 3. The van der Waals surface area contributed by atoms with Gasteiger partial charge in [0.2, 0.25) is 5.91 Å². The minimum atomic E-state index is -0.810. The zero-order valence-corrected chi connectivity index (χ0v) is 16.2. The van der Waals surface area contributed by atoms with Crippen molar-refractivity contribution in [1.29, 1.82) is 0 Å². The van der Waals surface area contributed by atoms with Crippen molar-refractivity contribution in [3.05, 3.63) is 70.8 Å². The Morgan fingerprint density at radius 1 is 1.04 bits per heavy atom. The number of fused-ring (bicyclic) bond motifs is 1. The van der Waals surface area contributed by atoms with Gasteiger partial charge in [0.25, 0.3) is 11.8 Å². The van der Waals surface area contributed by atoms with Gasteiger partial charge in [0.05, 0.1) is 11.1 Å². The summed E-state index contributed by atoms with van der Waals surface area (Å²) in [5.74, 6) is -0.422. The van der Waals surface area contributed by atoms with E-state index in [9.17, 15) is 14.4 Å². The van der Waals surface area contributed by atoms with Gasteiger partial charge in [0.1, 0.15) is 6.04 Å². The lowest BCUT2D eigenvalue weighted by atomic mass is 10.1. The number of hydrogen-bond acceptors (Lipinski definition) is 4. The first-order valence-corrected chi connectivity index (χ1v) is 10.2. The fourth-order valence-electron chi connectivity index (χ4n) is 3.11. The minimum Gasteiger partial charge on any atom is -0.350 e. The molecule has 1 aliphatic heterocycles. The van der Waals surface area contributed by atoms with Crippen molar-refractivity contribution in [3.63, 3.8) is 0 Å². The third-order valence-corrected chi connectivity index (χ3v) is 5.27. The molecule has 0 aromatic heterocycles. The van der Waals surface area contributed by atoms with Gasteiger partial charge in [-0.2, -0.15) is 11.8 Å². The zero-order valence-electron chi connectivity index (χ0n) is 15.4. The first-order valence-electron chi connectivity index (χ1n) is 8.82. The lowest BCUT2D eigenvalue weighted by Gasteiger charge is -2.25. The molecule has 2 aromatic carbocycles. The molecule has 0 bridgehead atoms. The van der Waals surface area contributed by atoms with Crippen LogP contribution in [0.5, 0.6) is 0 Å². The third-order valence-electron chi connectivity index (χ3n) is 4.62. The maximum Gasteiger partial charge on any atom is 0.262 e. The molecule has 0 fully saturated rings. The number of benzene rings is 2. The van der Waals surface area contributed by atoms with E-state index in [0.717, 1.165) is 16.0 Å². The fraction of sp³-hybridized carbons (Fsp3) is 0.286. The summed E-state index contributed by atoms with van der Waals surface area (Å²) in [6, 6.07) is 13.8. The number of aryl methyl sites for hydroxylation is 1. The first-order chi connectivity index (χ1) is 13.0. The number of imide groups is 1. The number of nitrogens with one attached hydrogen (secondary N) is 1. The second kappa shape index (κ2) is 8.39. The van der Waals surface area contributed by atoms with Crippen LogP contribution in [0.4, 0.5) is 0 Å². The predicted octanol–water partition coefficient (Wildman–Crippen LogP) is 3.03. The summed E-state index contributed by atoms with van der Waals surface area (Å²) in [5.41, 5.74) is 2.85. The second-order valence-electron chi connectivity index (χ2n) is 6.53. The van der Waals surface area contributed by atoms with Crippen LogP contribution in [0.3, 0.4) is 0 Å². The number of nitrogens with zero attached hydrogens (tertiary/aromatic N) is 1. The Hall–Kier alpha value is -2.60. The van der Waals surface area contributed by atoms with Crippen LogP contribution in [-0.4, -0.2) is 40.7 Å². The molecule has 1 aliphatic rings. The molecule has 6 heteroatoms. The fourth-order valence-corrected chi connectivity index (χ4v) is 3.57. The van der Waals surface area contributed by atoms with E-state index in [1.165, 1.54) is 0 Å². The lowest BCUT2D eigenvalue weighted by molar-refractivity contribution is -0.125. The molecular weight excluding hydrogens is 360 g/mol. The number of hydrogen-bond donors (Lipinski definition) is 1. The van der Waals surface area contributed by atoms with Crippen LogP contribution in [0.1, 0.15) is 38.3 Å². The maximum absolute atomic E-state index is 12.9. The van der Waals surface area contributed by atoms with Crippen molar-refractivity contribution in [2.45, 2.75) is 25.9 Å². The molecule has 2 aromatic rings. The summed E-state index contributed by atoms with van der Waals surface area (Å²) in [6.07, 6.45) is 2.36. The summed E-state index contributed by atoms with van der Waals surface area (Å²) in [4.78, 5) is 39.5. The van der Waals surface area contributed by atoms with Gasteiger partial charge in [0, 0.05) is 6.54 Å². The van der Waals surface area contributed by atoms with Crippen molar-refractivity contribution in [2.75, 3.05) is 12.0 Å². The monoisotopic (exact) mass is 382 g/mol. The molecule has 0 saturated carbocycles. The van der Waals surface area contributed by atoms with Gasteiger partial charge in [-0.3, -0.25) is 19.3 Å². The Morgan fingerprint density at radius 2 is 1.63 bits per heavy atom. The highest BCUT2D eigenvalue weighted by Crippen LogP contribution is 2.26. The Kier molecular flexibility index (Phi) is 5.96. The van der Waals surface area contributed by atoms with Crippen molar-refractivity contribution in [2.24, 2.45) is 0 Å². The third kappa shape index (κ3) is 4.06. The standard InChI is InChI=1S/C21H22N2O3S/c1-14-7-9-15(10-8-14)13-22-19(24)18(11-12-27-2)23-20(25)16-5-3-4-6-17(16)21(23)26/h3-10,18H,11-13H2,1-2H3,(H,22,24)/t18-/m0/s1. The Balaban J connectivity index is 1.77. The van der Waals surface area contributed by atoms with Crippen LogP contribution in [0.2, 0.25) is 0 Å². The van der Waals surface area contributed by atoms with Crippen molar-refractivity contribution in [3.8, 4) is 0 Å². The molecule has 0 radical (unpaired) electrons. The normalized spacial score (nSPS) is 14.2. The number of rotatable bonds is 7. The van der Waals surface area contributed by atoms with Crippen LogP contribution < -0.4 is 5.32 Å². The van der Waals surface area contributed by atoms with Crippen molar-refractivity contribution in [1.82, 2.24) is 10.2 Å². The molecular formula is C21H22N2O3S. The van der Waals surface area contributed by atoms with E-state index >= 15 is 0 Å².